The molecule has 2 aliphatic rings. The van der Waals surface area contributed by atoms with Crippen LogP contribution in [0.5, 0.6) is 0 Å². The molecule has 56 heavy (non-hydrogen) atoms. The largest absolute Gasteiger partial charge is 0.314 e. The fraction of sp³-hybridized carbons (Fsp3) is 0.0370. The lowest BCUT2D eigenvalue weighted by Crippen LogP contribution is -2.21. The van der Waals surface area contributed by atoms with Gasteiger partial charge in [-0.15, -0.1) is 0 Å². The molecule has 8 aromatic rings. The number of rotatable bonds is 8. The smallest absolute Gasteiger partial charge is 0.0468 e. The lowest BCUT2D eigenvalue weighted by atomic mass is 9.86. The Morgan fingerprint density at radius 3 is 1.32 bits per heavy atom. The molecule has 0 bridgehead atoms. The number of hydrogen-bond donors (Lipinski definition) is 0. The van der Waals surface area contributed by atoms with Crippen molar-refractivity contribution in [2.45, 2.75) is 6.42 Å². The molecule has 2 heteroatoms. The molecule has 0 radical (unpaired) electrons. The highest BCUT2D eigenvalue weighted by Crippen LogP contribution is 2.40. The van der Waals surface area contributed by atoms with Crippen molar-refractivity contribution >= 4 is 72.9 Å². The monoisotopic (exact) mass is 716 g/mol. The van der Waals surface area contributed by atoms with E-state index in [4.69, 9.17) is 0 Å². The van der Waals surface area contributed by atoms with Crippen LogP contribution in [0.1, 0.15) is 17.5 Å². The van der Waals surface area contributed by atoms with Crippen molar-refractivity contribution in [1.29, 1.82) is 0 Å². The van der Waals surface area contributed by atoms with Gasteiger partial charge in [-0.2, -0.15) is 0 Å². The van der Waals surface area contributed by atoms with Gasteiger partial charge in [-0.05, 0) is 122 Å². The summed E-state index contributed by atoms with van der Waals surface area (Å²) in [5.74, 6) is 0.392. The Hall–Kier alpha value is -7.16. The molecule has 0 heterocycles. The fourth-order valence-corrected chi connectivity index (χ4v) is 8.15. The molecule has 0 fully saturated rings. The first-order valence-corrected chi connectivity index (χ1v) is 19.4. The first kappa shape index (κ1) is 33.4. The summed E-state index contributed by atoms with van der Waals surface area (Å²) < 4.78 is 0. The summed E-state index contributed by atoms with van der Waals surface area (Å²) in [6, 6.07) is 63.8. The zero-order chi connectivity index (χ0) is 37.3. The van der Waals surface area contributed by atoms with E-state index in [-0.39, 0.29) is 0 Å². The van der Waals surface area contributed by atoms with Crippen molar-refractivity contribution in [3.8, 4) is 0 Å². The zero-order valence-corrected chi connectivity index (χ0v) is 31.0. The standard InChI is InChI=1S/C54H40N2/c1-5-13-45-35-51(31-23-41(45)9-1)55(52-32-24-42-10-2-6-14-46(42)36-52)49-27-19-39(20-28-49)17-18-40-21-29-50(30-22-40)56(53-33-25-43-11-3-7-15-47(43)37-53)54-34-26-44-12-4-8-16-48(44)38-54/h1-37,48H,38H2/b18-17+. The predicted molar refractivity (Wildman–Crippen MR) is 240 cm³/mol. The Morgan fingerprint density at radius 1 is 0.393 bits per heavy atom. The van der Waals surface area contributed by atoms with Gasteiger partial charge >= 0.3 is 0 Å². The minimum atomic E-state index is 0.392. The quantitative estimate of drug-likeness (QED) is 0.144. The summed E-state index contributed by atoms with van der Waals surface area (Å²) in [6.45, 7) is 0. The average Bonchev–Trinajstić information content (AvgIpc) is 3.26. The highest BCUT2D eigenvalue weighted by atomic mass is 15.2. The summed E-state index contributed by atoms with van der Waals surface area (Å²) in [5.41, 5.74) is 10.7. The molecule has 2 nitrogen and oxygen atoms in total. The molecule has 0 N–H and O–H groups in total. The van der Waals surface area contributed by atoms with Gasteiger partial charge in [0.25, 0.3) is 0 Å². The molecule has 0 amide bonds. The lowest BCUT2D eigenvalue weighted by molar-refractivity contribution is 0.732. The van der Waals surface area contributed by atoms with Crippen LogP contribution in [0.4, 0.5) is 28.4 Å². The number of nitrogens with zero attached hydrogens (tertiary/aromatic N) is 2. The molecule has 0 aliphatic heterocycles. The van der Waals surface area contributed by atoms with Gasteiger partial charge in [0.05, 0.1) is 0 Å². The van der Waals surface area contributed by atoms with Crippen LogP contribution in [-0.2, 0) is 0 Å². The number of benzene rings is 8. The molecule has 0 spiro atoms. The Morgan fingerprint density at radius 2 is 0.821 bits per heavy atom. The van der Waals surface area contributed by atoms with Crippen LogP contribution in [0.3, 0.4) is 0 Å². The van der Waals surface area contributed by atoms with Crippen LogP contribution < -0.4 is 9.80 Å². The summed E-state index contributed by atoms with van der Waals surface area (Å²) >= 11 is 0. The van der Waals surface area contributed by atoms with Crippen molar-refractivity contribution < 1.29 is 0 Å². The fourth-order valence-electron chi connectivity index (χ4n) is 8.15. The Bertz CT molecular complexity index is 2810. The topological polar surface area (TPSA) is 6.48 Å². The molecule has 8 aromatic carbocycles. The maximum Gasteiger partial charge on any atom is 0.0468 e. The predicted octanol–water partition coefficient (Wildman–Crippen LogP) is 14.9. The third-order valence-corrected chi connectivity index (χ3v) is 11.1. The van der Waals surface area contributed by atoms with Crippen molar-refractivity contribution in [3.63, 3.8) is 0 Å². The van der Waals surface area contributed by atoms with Gasteiger partial charge in [-0.3, -0.25) is 0 Å². The van der Waals surface area contributed by atoms with Crippen LogP contribution in [0.15, 0.2) is 224 Å². The van der Waals surface area contributed by atoms with E-state index >= 15 is 0 Å². The first-order chi connectivity index (χ1) is 27.7. The van der Waals surface area contributed by atoms with E-state index in [2.05, 4.69) is 234 Å². The third-order valence-electron chi connectivity index (χ3n) is 11.1. The van der Waals surface area contributed by atoms with E-state index in [1.54, 1.807) is 0 Å². The highest BCUT2D eigenvalue weighted by Gasteiger charge is 2.23. The first-order valence-electron chi connectivity index (χ1n) is 19.4. The van der Waals surface area contributed by atoms with Gasteiger partial charge in [0.1, 0.15) is 0 Å². The Balaban J connectivity index is 0.941. The Kier molecular flexibility index (Phi) is 8.70. The second kappa shape index (κ2) is 14.6. The molecular formula is C54H40N2. The van der Waals surface area contributed by atoms with Gasteiger partial charge in [0.2, 0.25) is 0 Å². The summed E-state index contributed by atoms with van der Waals surface area (Å²) in [6.07, 6.45) is 18.8. The SMILES string of the molecule is C1=CC2=CC=C(N(c3ccc(/C=C/c4ccc(N(c5ccc6ccccc6c5)c5ccc6ccccc6c5)cc4)cc3)c3ccc4ccccc4c3)CC2C=C1. The molecule has 1 unspecified atom stereocenters. The van der Waals surface area contributed by atoms with Crippen LogP contribution in [0.25, 0.3) is 44.5 Å². The number of anilines is 5. The number of hydrogen-bond acceptors (Lipinski definition) is 2. The van der Waals surface area contributed by atoms with Crippen LogP contribution >= 0.6 is 0 Å². The molecule has 266 valence electrons. The van der Waals surface area contributed by atoms with Crippen molar-refractivity contribution in [3.05, 3.63) is 235 Å². The minimum absolute atomic E-state index is 0.392. The summed E-state index contributed by atoms with van der Waals surface area (Å²) in [7, 11) is 0. The van der Waals surface area contributed by atoms with Crippen molar-refractivity contribution in [1.82, 2.24) is 0 Å². The maximum absolute atomic E-state index is 2.43. The molecule has 0 aromatic heterocycles. The van der Waals surface area contributed by atoms with E-state index in [1.807, 2.05) is 0 Å². The summed E-state index contributed by atoms with van der Waals surface area (Å²) in [5, 5.41) is 7.41. The molecule has 0 saturated carbocycles. The lowest BCUT2D eigenvalue weighted by Gasteiger charge is -2.32. The molecular weight excluding hydrogens is 677 g/mol. The van der Waals surface area contributed by atoms with Gasteiger partial charge in [-0.1, -0.05) is 158 Å². The normalized spacial score (nSPS) is 14.9. The van der Waals surface area contributed by atoms with Gasteiger partial charge in [0.15, 0.2) is 0 Å². The van der Waals surface area contributed by atoms with E-state index in [1.165, 1.54) is 49.3 Å². The highest BCUT2D eigenvalue weighted by molar-refractivity contribution is 5.93. The van der Waals surface area contributed by atoms with E-state index in [0.717, 1.165) is 40.3 Å². The van der Waals surface area contributed by atoms with Gasteiger partial charge in [-0.25, -0.2) is 0 Å². The summed E-state index contributed by atoms with van der Waals surface area (Å²) in [4.78, 5) is 4.78. The zero-order valence-electron chi connectivity index (χ0n) is 31.0. The second-order valence-electron chi connectivity index (χ2n) is 14.7. The average molecular weight is 717 g/mol. The Labute approximate surface area is 328 Å². The molecule has 2 aliphatic carbocycles. The van der Waals surface area contributed by atoms with Crippen molar-refractivity contribution in [2.75, 3.05) is 9.80 Å². The van der Waals surface area contributed by atoms with E-state index in [9.17, 15) is 0 Å². The maximum atomic E-state index is 2.43. The molecule has 1 atom stereocenters. The van der Waals surface area contributed by atoms with Gasteiger partial charge in [0, 0.05) is 40.1 Å². The number of allylic oxidation sites excluding steroid dienone is 8. The molecule has 10 rings (SSSR count). The third kappa shape index (κ3) is 6.63. The van der Waals surface area contributed by atoms with Crippen LogP contribution in [0, 0.1) is 5.92 Å². The molecule has 0 saturated heterocycles. The van der Waals surface area contributed by atoms with E-state index in [0.29, 0.717) is 5.92 Å². The minimum Gasteiger partial charge on any atom is -0.314 e. The van der Waals surface area contributed by atoms with Crippen molar-refractivity contribution in [2.24, 2.45) is 5.92 Å². The van der Waals surface area contributed by atoms with Crippen LogP contribution in [-0.4, -0.2) is 0 Å². The van der Waals surface area contributed by atoms with Gasteiger partial charge < -0.3 is 9.80 Å². The van der Waals surface area contributed by atoms with Crippen LogP contribution in [0.2, 0.25) is 0 Å². The van der Waals surface area contributed by atoms with E-state index < -0.39 is 0 Å². The second-order valence-corrected chi connectivity index (χ2v) is 14.7. The number of fused-ring (bicyclic) bond motifs is 4.